The van der Waals surface area contributed by atoms with Crippen LogP contribution >= 0.6 is 0 Å². The van der Waals surface area contributed by atoms with Gasteiger partial charge in [0.25, 0.3) is 0 Å². The highest BCUT2D eigenvalue weighted by atomic mass is 16.1. The van der Waals surface area contributed by atoms with Crippen molar-refractivity contribution in [3.05, 3.63) is 24.3 Å². The molecule has 2 heteroatoms. The van der Waals surface area contributed by atoms with Gasteiger partial charge in [-0.1, -0.05) is 38.5 Å². The van der Waals surface area contributed by atoms with Crippen molar-refractivity contribution in [1.82, 2.24) is 0 Å². The van der Waals surface area contributed by atoms with E-state index in [0.717, 1.165) is 12.8 Å². The number of Topliss-reactive ketones (excluding diaryl/α,β-unsaturated/α-hetero) is 1. The van der Waals surface area contributed by atoms with E-state index in [2.05, 4.69) is 19.1 Å². The summed E-state index contributed by atoms with van der Waals surface area (Å²) < 4.78 is 0. The molecule has 106 valence electrons. The van der Waals surface area contributed by atoms with Crippen LogP contribution in [0.4, 0.5) is 0 Å². The van der Waals surface area contributed by atoms with Gasteiger partial charge in [-0.25, -0.2) is 0 Å². The van der Waals surface area contributed by atoms with E-state index in [0.29, 0.717) is 29.5 Å². The van der Waals surface area contributed by atoms with Crippen LogP contribution in [-0.4, -0.2) is 11.6 Å². The number of carbonyl (C=O) groups excluding carboxylic acids is 2. The minimum atomic E-state index is 0.127. The summed E-state index contributed by atoms with van der Waals surface area (Å²) in [6.45, 7) is 7.50. The Hall–Kier alpha value is -1.18. The number of carbonyl (C=O) groups is 2. The molecule has 0 N–H and O–H groups in total. The Morgan fingerprint density at radius 2 is 1.79 bits per heavy atom. The first kappa shape index (κ1) is 15.9. The summed E-state index contributed by atoms with van der Waals surface area (Å²) in [5.41, 5.74) is 0. The predicted molar refractivity (Wildman–Crippen MR) is 78.8 cm³/mol. The molecule has 2 bridgehead atoms. The maximum Gasteiger partial charge on any atom is 0.152 e. The number of fused-ring (bicyclic) bond motifs is 2. The SMILES string of the molecule is CC/C=C/C(C)=O.CCC1C2C=CC(C2)C1C(C)=O. The van der Waals surface area contributed by atoms with Gasteiger partial charge in [-0.3, -0.25) is 9.59 Å². The molecule has 0 aromatic carbocycles. The van der Waals surface area contributed by atoms with E-state index in [9.17, 15) is 9.59 Å². The molecule has 2 nitrogen and oxygen atoms in total. The van der Waals surface area contributed by atoms with Gasteiger partial charge in [0.15, 0.2) is 5.78 Å². The van der Waals surface area contributed by atoms with Crippen molar-refractivity contribution >= 4 is 11.6 Å². The normalized spacial score (nSPS) is 31.4. The quantitative estimate of drug-likeness (QED) is 0.567. The highest BCUT2D eigenvalue weighted by Gasteiger charge is 2.45. The van der Waals surface area contributed by atoms with Crippen molar-refractivity contribution in [2.75, 3.05) is 0 Å². The number of hydrogen-bond donors (Lipinski definition) is 0. The van der Waals surface area contributed by atoms with Crippen LogP contribution in [0.1, 0.15) is 47.0 Å². The molecule has 0 amide bonds. The van der Waals surface area contributed by atoms with Crippen LogP contribution in [0.2, 0.25) is 0 Å². The molecule has 0 saturated heterocycles. The summed E-state index contributed by atoms with van der Waals surface area (Å²) in [5, 5.41) is 0. The molecule has 0 heterocycles. The zero-order valence-corrected chi connectivity index (χ0v) is 12.6. The first-order valence-corrected chi connectivity index (χ1v) is 7.37. The highest BCUT2D eigenvalue weighted by molar-refractivity contribution is 5.87. The van der Waals surface area contributed by atoms with Crippen LogP contribution in [0.3, 0.4) is 0 Å². The molecule has 4 atom stereocenters. The first-order valence-electron chi connectivity index (χ1n) is 7.37. The Morgan fingerprint density at radius 1 is 1.16 bits per heavy atom. The van der Waals surface area contributed by atoms with E-state index >= 15 is 0 Å². The molecule has 4 unspecified atom stereocenters. The van der Waals surface area contributed by atoms with E-state index < -0.39 is 0 Å². The van der Waals surface area contributed by atoms with E-state index in [1.54, 1.807) is 19.9 Å². The van der Waals surface area contributed by atoms with Gasteiger partial charge in [0.1, 0.15) is 5.78 Å². The molecular weight excluding hydrogens is 236 g/mol. The third-order valence-corrected chi connectivity index (χ3v) is 4.15. The molecule has 1 saturated carbocycles. The summed E-state index contributed by atoms with van der Waals surface area (Å²) in [6.07, 6.45) is 11.3. The molecule has 0 aromatic rings. The predicted octanol–water partition coefficient (Wildman–Crippen LogP) is 3.97. The average molecular weight is 262 g/mol. The topological polar surface area (TPSA) is 34.1 Å². The molecule has 2 aliphatic carbocycles. The lowest BCUT2D eigenvalue weighted by Gasteiger charge is -2.24. The zero-order valence-electron chi connectivity index (χ0n) is 12.6. The Labute approximate surface area is 117 Å². The third kappa shape index (κ3) is 4.15. The number of hydrogen-bond acceptors (Lipinski definition) is 2. The van der Waals surface area contributed by atoms with Crippen LogP contribution in [-0.2, 0) is 9.59 Å². The summed E-state index contributed by atoms with van der Waals surface area (Å²) >= 11 is 0. The monoisotopic (exact) mass is 262 g/mol. The molecular formula is C17H26O2. The largest absolute Gasteiger partial charge is 0.300 e. The second-order valence-corrected chi connectivity index (χ2v) is 5.58. The van der Waals surface area contributed by atoms with Crippen LogP contribution in [0.25, 0.3) is 0 Å². The fraction of sp³-hybridized carbons (Fsp3) is 0.647. The van der Waals surface area contributed by atoms with Gasteiger partial charge in [0, 0.05) is 5.92 Å². The Morgan fingerprint density at radius 3 is 2.16 bits per heavy atom. The zero-order chi connectivity index (χ0) is 14.4. The maximum atomic E-state index is 11.4. The fourth-order valence-corrected chi connectivity index (χ4v) is 3.37. The Kier molecular flexibility index (Phi) is 6.20. The highest BCUT2D eigenvalue weighted by Crippen LogP contribution is 2.49. The molecule has 2 aliphatic rings. The van der Waals surface area contributed by atoms with Crippen molar-refractivity contribution in [2.24, 2.45) is 23.7 Å². The summed E-state index contributed by atoms with van der Waals surface area (Å²) in [5.74, 6) is 2.83. The van der Waals surface area contributed by atoms with E-state index in [1.807, 2.05) is 13.0 Å². The lowest BCUT2D eigenvalue weighted by atomic mass is 9.79. The summed E-state index contributed by atoms with van der Waals surface area (Å²) in [6, 6.07) is 0. The van der Waals surface area contributed by atoms with Crippen LogP contribution in [0.5, 0.6) is 0 Å². The fourth-order valence-electron chi connectivity index (χ4n) is 3.37. The number of rotatable bonds is 4. The van der Waals surface area contributed by atoms with E-state index in [-0.39, 0.29) is 5.78 Å². The van der Waals surface area contributed by atoms with E-state index in [1.165, 1.54) is 6.42 Å². The minimum absolute atomic E-state index is 0.127. The van der Waals surface area contributed by atoms with Gasteiger partial charge >= 0.3 is 0 Å². The molecule has 2 rings (SSSR count). The number of allylic oxidation sites excluding steroid dienone is 4. The maximum absolute atomic E-state index is 11.4. The molecule has 0 spiro atoms. The van der Waals surface area contributed by atoms with Crippen LogP contribution in [0.15, 0.2) is 24.3 Å². The van der Waals surface area contributed by atoms with Crippen molar-refractivity contribution in [1.29, 1.82) is 0 Å². The van der Waals surface area contributed by atoms with Crippen LogP contribution in [0, 0.1) is 23.7 Å². The average Bonchev–Trinajstić information content (AvgIpc) is 2.96. The first-order chi connectivity index (χ1) is 9.01. The van der Waals surface area contributed by atoms with Gasteiger partial charge in [-0.15, -0.1) is 0 Å². The smallest absolute Gasteiger partial charge is 0.152 e. The van der Waals surface area contributed by atoms with Crippen molar-refractivity contribution in [3.63, 3.8) is 0 Å². The Balaban J connectivity index is 0.000000224. The van der Waals surface area contributed by atoms with E-state index in [4.69, 9.17) is 0 Å². The van der Waals surface area contributed by atoms with Gasteiger partial charge in [0.2, 0.25) is 0 Å². The third-order valence-electron chi connectivity index (χ3n) is 4.15. The minimum Gasteiger partial charge on any atom is -0.300 e. The van der Waals surface area contributed by atoms with Crippen molar-refractivity contribution < 1.29 is 9.59 Å². The molecule has 0 aromatic heterocycles. The summed E-state index contributed by atoms with van der Waals surface area (Å²) in [7, 11) is 0. The van der Waals surface area contributed by atoms with Gasteiger partial charge in [-0.05, 0) is 50.5 Å². The molecule has 0 radical (unpaired) electrons. The molecule has 0 aliphatic heterocycles. The number of ketones is 2. The Bertz CT molecular complexity index is 379. The van der Waals surface area contributed by atoms with Gasteiger partial charge < -0.3 is 0 Å². The molecule has 1 fully saturated rings. The van der Waals surface area contributed by atoms with Gasteiger partial charge in [-0.2, -0.15) is 0 Å². The second-order valence-electron chi connectivity index (χ2n) is 5.58. The molecule has 19 heavy (non-hydrogen) atoms. The lowest BCUT2D eigenvalue weighted by Crippen LogP contribution is -2.25. The lowest BCUT2D eigenvalue weighted by molar-refractivity contribution is -0.122. The van der Waals surface area contributed by atoms with Crippen molar-refractivity contribution in [3.8, 4) is 0 Å². The van der Waals surface area contributed by atoms with Gasteiger partial charge in [0.05, 0.1) is 0 Å². The second kappa shape index (κ2) is 7.42. The van der Waals surface area contributed by atoms with Crippen LogP contribution < -0.4 is 0 Å². The van der Waals surface area contributed by atoms with Crippen molar-refractivity contribution in [2.45, 2.75) is 47.0 Å². The standard InChI is InChI=1S/C11H16O.C6H10O/c1-3-10-8-4-5-9(6-8)11(10)7(2)12;1-3-4-5-6(2)7/h4-5,8-11H,3,6H2,1-2H3;4-5H,3H2,1-2H3/b;5-4+. The summed E-state index contributed by atoms with van der Waals surface area (Å²) in [4.78, 5) is 21.5.